The Kier molecular flexibility index (Phi) is 5.01. The van der Waals surface area contributed by atoms with Crippen molar-refractivity contribution in [1.29, 1.82) is 0 Å². The second kappa shape index (κ2) is 7.36. The molecule has 0 aliphatic carbocycles. The molecule has 1 unspecified atom stereocenters. The van der Waals surface area contributed by atoms with E-state index in [1.54, 1.807) is 11.3 Å². The summed E-state index contributed by atoms with van der Waals surface area (Å²) in [6.07, 6.45) is -0.485. The van der Waals surface area contributed by atoms with Gasteiger partial charge in [0.2, 0.25) is 0 Å². The molecule has 0 aliphatic rings. The van der Waals surface area contributed by atoms with Crippen LogP contribution in [-0.2, 0) is 0 Å². The van der Waals surface area contributed by atoms with E-state index in [0.29, 0.717) is 6.54 Å². The number of aliphatic hydroxyl groups excluding tert-OH is 1. The molecule has 2 N–H and O–H groups in total. The fourth-order valence-corrected chi connectivity index (χ4v) is 3.24. The van der Waals surface area contributed by atoms with E-state index in [0.717, 1.165) is 5.56 Å². The van der Waals surface area contributed by atoms with Crippen LogP contribution in [0.2, 0.25) is 0 Å². The van der Waals surface area contributed by atoms with E-state index >= 15 is 0 Å². The van der Waals surface area contributed by atoms with Crippen molar-refractivity contribution in [3.63, 3.8) is 0 Å². The first-order valence-electron chi connectivity index (χ1n) is 7.38. The lowest BCUT2D eigenvalue weighted by Crippen LogP contribution is -2.27. The summed E-state index contributed by atoms with van der Waals surface area (Å²) >= 11 is 1.61. The van der Waals surface area contributed by atoms with Crippen molar-refractivity contribution in [3.8, 4) is 0 Å². The van der Waals surface area contributed by atoms with E-state index in [2.05, 4.69) is 29.6 Å². The van der Waals surface area contributed by atoms with Crippen LogP contribution in [0.4, 0.5) is 0 Å². The van der Waals surface area contributed by atoms with E-state index in [9.17, 15) is 5.11 Å². The summed E-state index contributed by atoms with van der Waals surface area (Å²) in [6, 6.07) is 22.7. The van der Waals surface area contributed by atoms with Crippen molar-refractivity contribution in [2.24, 2.45) is 0 Å². The molecule has 1 aromatic heterocycles. The Morgan fingerprint density at radius 3 is 1.91 bits per heavy atom. The second-order valence-electron chi connectivity index (χ2n) is 5.24. The molecule has 0 spiro atoms. The Hall–Kier alpha value is -1.94. The average Bonchev–Trinajstić information content (AvgIpc) is 3.11. The molecule has 22 heavy (non-hydrogen) atoms. The molecule has 0 amide bonds. The van der Waals surface area contributed by atoms with Crippen LogP contribution in [0, 0.1) is 0 Å². The van der Waals surface area contributed by atoms with Gasteiger partial charge in [-0.1, -0.05) is 60.7 Å². The van der Waals surface area contributed by atoms with E-state index < -0.39 is 6.10 Å². The second-order valence-corrected chi connectivity index (χ2v) is 6.02. The molecular formula is C19H19NOS. The largest absolute Gasteiger partial charge is 0.387 e. The molecule has 0 aliphatic heterocycles. The molecule has 0 bridgehead atoms. The molecule has 1 heterocycles. The summed E-state index contributed by atoms with van der Waals surface area (Å²) in [4.78, 5) is 0. The van der Waals surface area contributed by atoms with Crippen molar-refractivity contribution in [1.82, 2.24) is 5.32 Å². The average molecular weight is 309 g/mol. The van der Waals surface area contributed by atoms with Crippen molar-refractivity contribution >= 4 is 11.3 Å². The van der Waals surface area contributed by atoms with Gasteiger partial charge in [-0.15, -0.1) is 0 Å². The lowest BCUT2D eigenvalue weighted by atomic mass is 9.98. The van der Waals surface area contributed by atoms with Gasteiger partial charge in [-0.25, -0.2) is 0 Å². The van der Waals surface area contributed by atoms with Gasteiger partial charge in [0.15, 0.2) is 0 Å². The number of thiophene rings is 1. The number of nitrogens with one attached hydrogen (secondary N) is 1. The van der Waals surface area contributed by atoms with E-state index in [1.165, 1.54) is 11.1 Å². The molecule has 0 radical (unpaired) electrons. The summed E-state index contributed by atoms with van der Waals surface area (Å²) in [5.74, 6) is 0. The maximum Gasteiger partial charge on any atom is 0.0922 e. The van der Waals surface area contributed by atoms with Crippen LogP contribution in [0.15, 0.2) is 77.5 Å². The fourth-order valence-electron chi connectivity index (χ4n) is 2.53. The third-order valence-corrected chi connectivity index (χ3v) is 4.41. The zero-order valence-corrected chi connectivity index (χ0v) is 13.0. The predicted octanol–water partition coefficient (Wildman–Crippen LogP) is 4.16. The first-order chi connectivity index (χ1) is 10.8. The summed E-state index contributed by atoms with van der Waals surface area (Å²) in [7, 11) is 0. The highest BCUT2D eigenvalue weighted by atomic mass is 32.1. The molecule has 1 atom stereocenters. The van der Waals surface area contributed by atoms with Gasteiger partial charge in [-0.05, 0) is 33.5 Å². The Morgan fingerprint density at radius 1 is 0.818 bits per heavy atom. The van der Waals surface area contributed by atoms with Crippen LogP contribution in [0.1, 0.15) is 28.8 Å². The zero-order chi connectivity index (χ0) is 15.2. The maximum absolute atomic E-state index is 10.3. The summed E-state index contributed by atoms with van der Waals surface area (Å²) in [5.41, 5.74) is 3.37. The van der Waals surface area contributed by atoms with Crippen LogP contribution in [0.25, 0.3) is 0 Å². The number of aliphatic hydroxyl groups is 1. The highest BCUT2D eigenvalue weighted by Gasteiger charge is 2.15. The minimum absolute atomic E-state index is 0.0793. The lowest BCUT2D eigenvalue weighted by Gasteiger charge is -2.21. The number of hydrogen-bond acceptors (Lipinski definition) is 3. The van der Waals surface area contributed by atoms with Gasteiger partial charge in [0, 0.05) is 6.54 Å². The quantitative estimate of drug-likeness (QED) is 0.716. The molecule has 112 valence electrons. The van der Waals surface area contributed by atoms with Gasteiger partial charge in [-0.3, -0.25) is 0 Å². The van der Waals surface area contributed by atoms with E-state index in [1.807, 2.05) is 53.2 Å². The minimum atomic E-state index is -0.485. The molecule has 3 heteroatoms. The summed E-state index contributed by atoms with van der Waals surface area (Å²) < 4.78 is 0. The van der Waals surface area contributed by atoms with Crippen LogP contribution in [0.5, 0.6) is 0 Å². The van der Waals surface area contributed by atoms with Crippen molar-refractivity contribution in [2.45, 2.75) is 12.1 Å². The van der Waals surface area contributed by atoms with Gasteiger partial charge < -0.3 is 10.4 Å². The topological polar surface area (TPSA) is 32.3 Å². The minimum Gasteiger partial charge on any atom is -0.387 e. The van der Waals surface area contributed by atoms with Gasteiger partial charge >= 0.3 is 0 Å². The zero-order valence-electron chi connectivity index (χ0n) is 12.2. The van der Waals surface area contributed by atoms with Crippen molar-refractivity contribution < 1.29 is 5.11 Å². The highest BCUT2D eigenvalue weighted by molar-refractivity contribution is 7.07. The van der Waals surface area contributed by atoms with Gasteiger partial charge in [0.1, 0.15) is 0 Å². The third kappa shape index (κ3) is 3.63. The van der Waals surface area contributed by atoms with Crippen LogP contribution >= 0.6 is 11.3 Å². The van der Waals surface area contributed by atoms with Gasteiger partial charge in [-0.2, -0.15) is 11.3 Å². The molecule has 3 aromatic rings. The Balaban J connectivity index is 1.78. The molecule has 0 fully saturated rings. The first kappa shape index (κ1) is 15.0. The van der Waals surface area contributed by atoms with E-state index in [4.69, 9.17) is 0 Å². The fraction of sp³-hybridized carbons (Fsp3) is 0.158. The number of benzene rings is 2. The molecular weight excluding hydrogens is 290 g/mol. The molecule has 3 rings (SSSR count). The van der Waals surface area contributed by atoms with Crippen LogP contribution < -0.4 is 5.32 Å². The Labute approximate surface area is 135 Å². The normalized spacial score (nSPS) is 12.5. The Bertz CT molecular complexity index is 628. The smallest absolute Gasteiger partial charge is 0.0922 e. The maximum atomic E-state index is 10.3. The van der Waals surface area contributed by atoms with E-state index in [-0.39, 0.29) is 6.04 Å². The SMILES string of the molecule is OC(CNC(c1ccccc1)c1ccccc1)c1ccsc1. The molecule has 2 nitrogen and oxygen atoms in total. The summed E-state index contributed by atoms with van der Waals surface area (Å²) in [5, 5.41) is 17.8. The monoisotopic (exact) mass is 309 g/mol. The lowest BCUT2D eigenvalue weighted by molar-refractivity contribution is 0.172. The van der Waals surface area contributed by atoms with Crippen LogP contribution in [-0.4, -0.2) is 11.7 Å². The standard InChI is InChI=1S/C19H19NOS/c21-18(17-11-12-22-14-17)13-20-19(15-7-3-1-4-8-15)16-9-5-2-6-10-16/h1-12,14,18-21H,13H2. The molecule has 0 saturated carbocycles. The highest BCUT2D eigenvalue weighted by Crippen LogP contribution is 2.23. The molecule has 0 saturated heterocycles. The summed E-state index contributed by atoms with van der Waals surface area (Å²) in [6.45, 7) is 0.519. The molecule has 2 aromatic carbocycles. The predicted molar refractivity (Wildman–Crippen MR) is 92.0 cm³/mol. The van der Waals surface area contributed by atoms with Crippen molar-refractivity contribution in [2.75, 3.05) is 6.54 Å². The Morgan fingerprint density at radius 2 is 1.41 bits per heavy atom. The van der Waals surface area contributed by atoms with Crippen LogP contribution in [0.3, 0.4) is 0 Å². The van der Waals surface area contributed by atoms with Crippen molar-refractivity contribution in [3.05, 3.63) is 94.2 Å². The number of hydrogen-bond donors (Lipinski definition) is 2. The van der Waals surface area contributed by atoms with Gasteiger partial charge in [0.25, 0.3) is 0 Å². The third-order valence-electron chi connectivity index (χ3n) is 3.71. The first-order valence-corrected chi connectivity index (χ1v) is 8.32. The van der Waals surface area contributed by atoms with Gasteiger partial charge in [0.05, 0.1) is 12.1 Å². The number of rotatable bonds is 6.